The summed E-state index contributed by atoms with van der Waals surface area (Å²) in [5, 5.41) is 13.5. The van der Waals surface area contributed by atoms with Crippen LogP contribution in [0.3, 0.4) is 0 Å². The third kappa shape index (κ3) is 5.46. The molecule has 27 heavy (non-hydrogen) atoms. The van der Waals surface area contributed by atoms with Crippen molar-refractivity contribution in [2.75, 3.05) is 25.5 Å². The molecule has 2 rings (SSSR count). The molecule has 1 aromatic carbocycles. The van der Waals surface area contributed by atoms with E-state index in [9.17, 15) is 28.1 Å². The molecule has 1 aliphatic heterocycles. The largest absolute Gasteiger partial charge is 0.573 e. The monoisotopic (exact) mass is 391 g/mol. The number of nitrogens with one attached hydrogen (secondary N) is 1. The molecule has 1 unspecified atom stereocenters. The van der Waals surface area contributed by atoms with Crippen molar-refractivity contribution in [3.63, 3.8) is 0 Å². The number of ether oxygens (including phenoxy) is 2. The van der Waals surface area contributed by atoms with Crippen LogP contribution in [0.1, 0.15) is 26.2 Å². The lowest BCUT2D eigenvalue weighted by atomic mass is 10.1. The van der Waals surface area contributed by atoms with Gasteiger partial charge in [0.15, 0.2) is 0 Å². The summed E-state index contributed by atoms with van der Waals surface area (Å²) in [6, 6.07) is 1.57. The number of carbonyl (C=O) groups is 1. The number of methoxy groups -OCH3 is 1. The number of nitro groups is 1. The molecule has 0 bridgehead atoms. The van der Waals surface area contributed by atoms with Gasteiger partial charge in [-0.2, -0.15) is 0 Å². The Labute approximate surface area is 153 Å². The fourth-order valence-electron chi connectivity index (χ4n) is 3.12. The molecule has 1 aliphatic rings. The topological polar surface area (TPSA) is 93.9 Å². The maximum Gasteiger partial charge on any atom is 0.573 e. The molecule has 1 atom stereocenters. The number of hydrogen-bond acceptors (Lipinski definition) is 6. The van der Waals surface area contributed by atoms with Crippen molar-refractivity contribution < 1.29 is 32.4 Å². The summed E-state index contributed by atoms with van der Waals surface area (Å²) in [4.78, 5) is 24.5. The van der Waals surface area contributed by atoms with Crippen molar-refractivity contribution in [2.24, 2.45) is 0 Å². The maximum atomic E-state index is 12.5. The van der Waals surface area contributed by atoms with Crippen LogP contribution in [0, 0.1) is 10.1 Å². The predicted molar refractivity (Wildman–Crippen MR) is 89.8 cm³/mol. The molecule has 1 fully saturated rings. The number of nitro benzene ring substituents is 1. The van der Waals surface area contributed by atoms with Crippen LogP contribution < -0.4 is 14.8 Å². The second kappa shape index (κ2) is 8.42. The van der Waals surface area contributed by atoms with Crippen LogP contribution in [-0.2, 0) is 4.79 Å². The second-order valence-corrected chi connectivity index (χ2v) is 6.00. The Bertz CT molecular complexity index is 711. The van der Waals surface area contributed by atoms with Crippen molar-refractivity contribution >= 4 is 17.3 Å². The molecular weight excluding hydrogens is 371 g/mol. The van der Waals surface area contributed by atoms with E-state index < -0.39 is 28.6 Å². The molecular formula is C16H20F3N3O5. The number of halogens is 3. The number of likely N-dealkylation sites (tertiary alicyclic amines) is 1. The highest BCUT2D eigenvalue weighted by Gasteiger charge is 2.35. The standard InChI is InChI=1S/C16H20F3N3O5/c1-3-21-6-4-5-10(21)7-15(23)20-11-8-14(27-16(17,18)19)12(22(24)25)9-13(11)26-2/h8-10H,3-7H2,1-2H3,(H,20,23). The fourth-order valence-corrected chi connectivity index (χ4v) is 3.12. The van der Waals surface area contributed by atoms with E-state index in [0.29, 0.717) is 0 Å². The molecule has 0 spiro atoms. The summed E-state index contributed by atoms with van der Waals surface area (Å²) in [6.45, 7) is 3.66. The lowest BCUT2D eigenvalue weighted by Gasteiger charge is -2.22. The van der Waals surface area contributed by atoms with Gasteiger partial charge in [-0.15, -0.1) is 13.2 Å². The molecule has 0 radical (unpaired) electrons. The highest BCUT2D eigenvalue weighted by molar-refractivity contribution is 5.93. The zero-order valence-electron chi connectivity index (χ0n) is 14.8. The Balaban J connectivity index is 2.25. The summed E-state index contributed by atoms with van der Waals surface area (Å²) in [5.41, 5.74) is -1.05. The molecule has 1 aromatic rings. The van der Waals surface area contributed by atoms with Gasteiger partial charge in [0, 0.05) is 18.5 Å². The van der Waals surface area contributed by atoms with Crippen LogP contribution in [0.25, 0.3) is 0 Å². The lowest BCUT2D eigenvalue weighted by molar-refractivity contribution is -0.388. The Morgan fingerprint density at radius 2 is 2.11 bits per heavy atom. The van der Waals surface area contributed by atoms with E-state index in [1.807, 2.05) is 6.92 Å². The predicted octanol–water partition coefficient (Wildman–Crippen LogP) is 3.31. The molecule has 0 aromatic heterocycles. The van der Waals surface area contributed by atoms with Crippen LogP contribution in [0.15, 0.2) is 12.1 Å². The van der Waals surface area contributed by atoms with Crippen LogP contribution >= 0.6 is 0 Å². The summed E-state index contributed by atoms with van der Waals surface area (Å²) in [6.07, 6.45) is -3.15. The zero-order chi connectivity index (χ0) is 20.2. The molecule has 11 heteroatoms. The van der Waals surface area contributed by atoms with Gasteiger partial charge >= 0.3 is 12.0 Å². The van der Waals surface area contributed by atoms with Crippen LogP contribution in [0.4, 0.5) is 24.5 Å². The maximum absolute atomic E-state index is 12.5. The number of benzene rings is 1. The average Bonchev–Trinajstić information content (AvgIpc) is 3.00. The first-order valence-electron chi connectivity index (χ1n) is 8.30. The molecule has 8 nitrogen and oxygen atoms in total. The van der Waals surface area contributed by atoms with Crippen molar-refractivity contribution in [2.45, 2.75) is 38.6 Å². The molecule has 150 valence electrons. The van der Waals surface area contributed by atoms with E-state index in [0.717, 1.165) is 38.1 Å². The van der Waals surface area contributed by atoms with Crippen LogP contribution in [-0.4, -0.2) is 48.3 Å². The molecule has 1 amide bonds. The van der Waals surface area contributed by atoms with E-state index in [1.54, 1.807) is 0 Å². The summed E-state index contributed by atoms with van der Waals surface area (Å²) < 4.78 is 46.3. The first-order valence-corrected chi connectivity index (χ1v) is 8.30. The Hall–Kier alpha value is -2.56. The Kier molecular flexibility index (Phi) is 6.47. The molecule has 1 heterocycles. The third-order valence-electron chi connectivity index (χ3n) is 4.30. The van der Waals surface area contributed by atoms with E-state index in [2.05, 4.69) is 15.0 Å². The SMILES string of the molecule is CCN1CCCC1CC(=O)Nc1cc(OC(F)(F)F)c([N+](=O)[O-])cc1OC. The summed E-state index contributed by atoms with van der Waals surface area (Å²) in [5.74, 6) is -1.59. The lowest BCUT2D eigenvalue weighted by Crippen LogP contribution is -2.32. The first-order chi connectivity index (χ1) is 12.6. The minimum atomic E-state index is -5.12. The number of amides is 1. The number of hydrogen-bond donors (Lipinski definition) is 1. The Morgan fingerprint density at radius 3 is 2.67 bits per heavy atom. The van der Waals surface area contributed by atoms with Gasteiger partial charge in [0.1, 0.15) is 5.75 Å². The summed E-state index contributed by atoms with van der Waals surface area (Å²) in [7, 11) is 1.19. The molecule has 0 saturated carbocycles. The summed E-state index contributed by atoms with van der Waals surface area (Å²) >= 11 is 0. The fraction of sp³-hybridized carbons (Fsp3) is 0.562. The molecule has 1 N–H and O–H groups in total. The quantitative estimate of drug-likeness (QED) is 0.566. The first kappa shape index (κ1) is 20.7. The van der Waals surface area contributed by atoms with E-state index in [1.165, 1.54) is 7.11 Å². The average molecular weight is 391 g/mol. The van der Waals surface area contributed by atoms with Gasteiger partial charge in [-0.1, -0.05) is 6.92 Å². The van der Waals surface area contributed by atoms with E-state index >= 15 is 0 Å². The van der Waals surface area contributed by atoms with Gasteiger partial charge in [-0.05, 0) is 25.9 Å². The van der Waals surface area contributed by atoms with Gasteiger partial charge in [-0.3, -0.25) is 14.9 Å². The normalized spacial score (nSPS) is 17.6. The van der Waals surface area contributed by atoms with Crippen LogP contribution in [0.2, 0.25) is 0 Å². The molecule has 1 saturated heterocycles. The minimum absolute atomic E-state index is 0.0462. The zero-order valence-corrected chi connectivity index (χ0v) is 14.8. The van der Waals surface area contributed by atoms with E-state index in [4.69, 9.17) is 4.74 Å². The van der Waals surface area contributed by atoms with Gasteiger partial charge < -0.3 is 19.7 Å². The number of rotatable bonds is 7. The van der Waals surface area contributed by atoms with E-state index in [-0.39, 0.29) is 23.9 Å². The number of anilines is 1. The van der Waals surface area contributed by atoms with Crippen molar-refractivity contribution in [1.82, 2.24) is 4.90 Å². The van der Waals surface area contributed by atoms with Crippen molar-refractivity contribution in [3.05, 3.63) is 22.2 Å². The van der Waals surface area contributed by atoms with Gasteiger partial charge in [-0.25, -0.2) is 0 Å². The second-order valence-electron chi connectivity index (χ2n) is 6.00. The third-order valence-corrected chi connectivity index (χ3v) is 4.30. The highest BCUT2D eigenvalue weighted by atomic mass is 19.4. The van der Waals surface area contributed by atoms with Gasteiger partial charge in [0.2, 0.25) is 11.7 Å². The van der Waals surface area contributed by atoms with Gasteiger partial charge in [0.05, 0.1) is 23.8 Å². The van der Waals surface area contributed by atoms with Gasteiger partial charge in [0.25, 0.3) is 0 Å². The van der Waals surface area contributed by atoms with Crippen LogP contribution in [0.5, 0.6) is 11.5 Å². The molecule has 0 aliphatic carbocycles. The Morgan fingerprint density at radius 1 is 1.41 bits per heavy atom. The highest BCUT2D eigenvalue weighted by Crippen LogP contribution is 2.40. The minimum Gasteiger partial charge on any atom is -0.494 e. The van der Waals surface area contributed by atoms with Crippen molar-refractivity contribution in [1.29, 1.82) is 0 Å². The number of nitrogens with zero attached hydrogens (tertiary/aromatic N) is 2. The number of alkyl halides is 3. The van der Waals surface area contributed by atoms with Crippen molar-refractivity contribution in [3.8, 4) is 11.5 Å². The number of carbonyl (C=O) groups excluding carboxylic acids is 1. The smallest absolute Gasteiger partial charge is 0.494 e.